The van der Waals surface area contributed by atoms with E-state index in [1.54, 1.807) is 10.8 Å². The van der Waals surface area contributed by atoms with Crippen LogP contribution in [-0.2, 0) is 6.54 Å². The number of rotatable bonds is 5. The first-order chi connectivity index (χ1) is 10.3. The van der Waals surface area contributed by atoms with Gasteiger partial charge in [-0.05, 0) is 12.5 Å². The van der Waals surface area contributed by atoms with Crippen LogP contribution in [0.2, 0.25) is 0 Å². The molecule has 0 fully saturated rings. The summed E-state index contributed by atoms with van der Waals surface area (Å²) in [6.45, 7) is 6.81. The normalized spacial score (nSPS) is 10.7. The zero-order valence-corrected chi connectivity index (χ0v) is 11.8. The molecule has 2 heterocycles. The fourth-order valence-corrected chi connectivity index (χ4v) is 2.12. The van der Waals surface area contributed by atoms with E-state index in [-0.39, 0.29) is 0 Å². The summed E-state index contributed by atoms with van der Waals surface area (Å²) >= 11 is 0. The van der Waals surface area contributed by atoms with Gasteiger partial charge in [-0.15, -0.1) is 11.7 Å². The first-order valence-electron chi connectivity index (χ1n) is 6.74. The molecule has 0 saturated heterocycles. The summed E-state index contributed by atoms with van der Waals surface area (Å²) in [6.07, 6.45) is 1.78. The second kappa shape index (κ2) is 5.70. The monoisotopic (exact) mass is 280 g/mol. The second-order valence-corrected chi connectivity index (χ2v) is 4.69. The molecule has 6 nitrogen and oxygen atoms in total. The summed E-state index contributed by atoms with van der Waals surface area (Å²) < 4.78 is 1.79. The number of aromatic nitrogens is 5. The van der Waals surface area contributed by atoms with E-state index in [1.807, 2.05) is 25.1 Å². The zero-order chi connectivity index (χ0) is 14.7. The summed E-state index contributed by atoms with van der Waals surface area (Å²) in [6, 6.07) is 10.1. The lowest BCUT2D eigenvalue weighted by atomic mass is 10.2. The summed E-state index contributed by atoms with van der Waals surface area (Å²) in [5.41, 5.74) is 2.57. The van der Waals surface area contributed by atoms with E-state index in [0.29, 0.717) is 30.2 Å². The van der Waals surface area contributed by atoms with Gasteiger partial charge >= 0.3 is 0 Å². The minimum Gasteiger partial charge on any atom is -0.365 e. The van der Waals surface area contributed by atoms with Crippen LogP contribution in [0.4, 0.5) is 5.82 Å². The van der Waals surface area contributed by atoms with Gasteiger partial charge in [0.05, 0.1) is 6.54 Å². The van der Waals surface area contributed by atoms with Gasteiger partial charge in [0, 0.05) is 6.54 Å². The molecular formula is C15H16N6. The molecule has 1 aromatic carbocycles. The highest BCUT2D eigenvalue weighted by atomic mass is 15.4. The van der Waals surface area contributed by atoms with Crippen LogP contribution in [0.25, 0.3) is 11.2 Å². The molecule has 6 heteroatoms. The molecule has 0 aliphatic rings. The molecule has 1 N–H and O–H groups in total. The van der Waals surface area contributed by atoms with Crippen molar-refractivity contribution in [1.29, 1.82) is 0 Å². The Morgan fingerprint density at radius 3 is 2.81 bits per heavy atom. The fraction of sp³-hybridized carbons (Fsp3) is 0.200. The average molecular weight is 280 g/mol. The van der Waals surface area contributed by atoms with Crippen molar-refractivity contribution in [3.63, 3.8) is 0 Å². The van der Waals surface area contributed by atoms with E-state index < -0.39 is 0 Å². The lowest BCUT2D eigenvalue weighted by Gasteiger charge is -2.05. The predicted molar refractivity (Wildman–Crippen MR) is 82.1 cm³/mol. The molecule has 0 atom stereocenters. The van der Waals surface area contributed by atoms with Gasteiger partial charge in [0.15, 0.2) is 17.0 Å². The molecule has 3 rings (SSSR count). The highest BCUT2D eigenvalue weighted by Gasteiger charge is 2.13. The Bertz CT molecular complexity index is 762. The van der Waals surface area contributed by atoms with E-state index in [2.05, 4.69) is 44.3 Å². The van der Waals surface area contributed by atoms with E-state index in [0.717, 1.165) is 11.2 Å². The van der Waals surface area contributed by atoms with Crippen LogP contribution >= 0.6 is 0 Å². The van der Waals surface area contributed by atoms with Crippen LogP contribution in [0.15, 0.2) is 43.0 Å². The highest BCUT2D eigenvalue weighted by Crippen LogP contribution is 2.18. The number of nitrogens with one attached hydrogen (secondary N) is 1. The van der Waals surface area contributed by atoms with Crippen LogP contribution in [0.3, 0.4) is 0 Å². The number of anilines is 1. The van der Waals surface area contributed by atoms with Gasteiger partial charge in [-0.1, -0.05) is 41.6 Å². The maximum absolute atomic E-state index is 4.46. The minimum absolute atomic E-state index is 0.622. The largest absolute Gasteiger partial charge is 0.365 e. The molecule has 0 bridgehead atoms. The van der Waals surface area contributed by atoms with Crippen molar-refractivity contribution in [2.45, 2.75) is 13.5 Å². The number of hydrogen-bond donors (Lipinski definition) is 1. The van der Waals surface area contributed by atoms with Gasteiger partial charge in [-0.3, -0.25) is 0 Å². The fourth-order valence-electron chi connectivity index (χ4n) is 2.12. The number of nitrogens with zero attached hydrogens (tertiary/aromatic N) is 5. The molecule has 21 heavy (non-hydrogen) atoms. The Balaban J connectivity index is 2.01. The van der Waals surface area contributed by atoms with Crippen LogP contribution < -0.4 is 5.32 Å². The molecule has 106 valence electrons. The lowest BCUT2D eigenvalue weighted by Crippen LogP contribution is -2.06. The number of hydrogen-bond acceptors (Lipinski definition) is 5. The van der Waals surface area contributed by atoms with Crippen LogP contribution in [0.1, 0.15) is 11.4 Å². The number of fused-ring (bicyclic) bond motifs is 1. The van der Waals surface area contributed by atoms with Crippen molar-refractivity contribution in [1.82, 2.24) is 25.0 Å². The van der Waals surface area contributed by atoms with Crippen molar-refractivity contribution < 1.29 is 0 Å². The third-order valence-electron chi connectivity index (χ3n) is 3.06. The molecule has 0 aliphatic carbocycles. The maximum atomic E-state index is 4.46. The highest BCUT2D eigenvalue weighted by molar-refractivity contribution is 5.82. The summed E-state index contributed by atoms with van der Waals surface area (Å²) in [4.78, 5) is 8.83. The summed E-state index contributed by atoms with van der Waals surface area (Å²) in [5, 5.41) is 11.6. The molecule has 0 aliphatic heterocycles. The molecule has 2 aromatic heterocycles. The first-order valence-corrected chi connectivity index (χ1v) is 6.74. The molecule has 0 saturated carbocycles. The van der Waals surface area contributed by atoms with Crippen LogP contribution in [0.5, 0.6) is 0 Å². The van der Waals surface area contributed by atoms with Crippen molar-refractivity contribution >= 4 is 17.0 Å². The quantitative estimate of drug-likeness (QED) is 0.725. The van der Waals surface area contributed by atoms with Gasteiger partial charge in [0.2, 0.25) is 0 Å². The van der Waals surface area contributed by atoms with Crippen molar-refractivity contribution in [2.75, 3.05) is 11.9 Å². The van der Waals surface area contributed by atoms with Crippen molar-refractivity contribution in [3.8, 4) is 0 Å². The van der Waals surface area contributed by atoms with Crippen LogP contribution in [0, 0.1) is 6.92 Å². The molecule has 3 aromatic rings. The van der Waals surface area contributed by atoms with Crippen molar-refractivity contribution in [2.24, 2.45) is 0 Å². The topological polar surface area (TPSA) is 68.5 Å². The first kappa shape index (κ1) is 13.2. The Morgan fingerprint density at radius 2 is 2.05 bits per heavy atom. The van der Waals surface area contributed by atoms with E-state index in [1.165, 1.54) is 0 Å². The zero-order valence-electron chi connectivity index (χ0n) is 11.8. The average Bonchev–Trinajstić information content (AvgIpc) is 2.89. The van der Waals surface area contributed by atoms with Gasteiger partial charge in [0.25, 0.3) is 0 Å². The maximum Gasteiger partial charge on any atom is 0.184 e. The third-order valence-corrected chi connectivity index (χ3v) is 3.06. The standard InChI is InChI=1S/C15H16N6/c1-3-9-16-14-13-15(18-11(2)17-14)21(20-19-13)10-12-7-5-4-6-8-12/h3-8H,1,9-10H2,2H3,(H,16,17,18). The summed E-state index contributed by atoms with van der Waals surface area (Å²) in [7, 11) is 0. The Labute approximate surface area is 122 Å². The van der Waals surface area contributed by atoms with Gasteiger partial charge < -0.3 is 5.32 Å². The van der Waals surface area contributed by atoms with E-state index in [9.17, 15) is 0 Å². The van der Waals surface area contributed by atoms with Gasteiger partial charge in [0.1, 0.15) is 5.82 Å². The molecule has 0 spiro atoms. The molecule has 0 radical (unpaired) electrons. The predicted octanol–water partition coefficient (Wildman–Crippen LogP) is 2.18. The number of benzene rings is 1. The second-order valence-electron chi connectivity index (χ2n) is 4.69. The molecule has 0 amide bonds. The van der Waals surface area contributed by atoms with Gasteiger partial charge in [-0.25, -0.2) is 14.6 Å². The number of aryl methyl sites for hydroxylation is 1. The third kappa shape index (κ3) is 2.74. The molecule has 0 unspecified atom stereocenters. The minimum atomic E-state index is 0.622. The Morgan fingerprint density at radius 1 is 1.24 bits per heavy atom. The Hall–Kier alpha value is -2.76. The summed E-state index contributed by atoms with van der Waals surface area (Å²) in [5.74, 6) is 1.38. The van der Waals surface area contributed by atoms with E-state index >= 15 is 0 Å². The van der Waals surface area contributed by atoms with Crippen LogP contribution in [-0.4, -0.2) is 31.5 Å². The lowest BCUT2D eigenvalue weighted by molar-refractivity contribution is 0.663. The van der Waals surface area contributed by atoms with Crippen molar-refractivity contribution in [3.05, 3.63) is 54.4 Å². The smallest absolute Gasteiger partial charge is 0.184 e. The van der Waals surface area contributed by atoms with E-state index in [4.69, 9.17) is 0 Å². The Kier molecular flexibility index (Phi) is 3.59. The molecular weight excluding hydrogens is 264 g/mol. The van der Waals surface area contributed by atoms with Gasteiger partial charge in [-0.2, -0.15) is 0 Å². The SMILES string of the molecule is C=CCNc1nc(C)nc2c1nnn2Cc1ccccc1.